The van der Waals surface area contributed by atoms with Crippen molar-refractivity contribution in [2.45, 2.75) is 13.8 Å². The summed E-state index contributed by atoms with van der Waals surface area (Å²) in [7, 11) is 0. The maximum atomic E-state index is 10.4. The largest absolute Gasteiger partial charge is 0.497 e. The van der Waals surface area contributed by atoms with Gasteiger partial charge in [-0.25, -0.2) is 0 Å². The molecular formula is C16H27N9O7. The van der Waals surface area contributed by atoms with Gasteiger partial charge in [-0.15, -0.1) is 0 Å². The van der Waals surface area contributed by atoms with E-state index < -0.39 is 37.6 Å². The number of hydrogen-bond donors (Lipinski definition) is 5. The van der Waals surface area contributed by atoms with Crippen LogP contribution >= 0.6 is 0 Å². The van der Waals surface area contributed by atoms with Crippen molar-refractivity contribution in [2.24, 2.45) is 21.5 Å². The fraction of sp³-hybridized carbons (Fsp3) is 0.500. The molecule has 0 saturated heterocycles. The van der Waals surface area contributed by atoms with Crippen molar-refractivity contribution in [1.82, 2.24) is 10.6 Å². The Morgan fingerprint density at radius 1 is 0.875 bits per heavy atom. The molecule has 0 atom stereocenters. The van der Waals surface area contributed by atoms with Gasteiger partial charge in [0.1, 0.15) is 0 Å². The van der Waals surface area contributed by atoms with Gasteiger partial charge in [0.15, 0.2) is 11.7 Å². The summed E-state index contributed by atoms with van der Waals surface area (Å²) in [5.41, 5.74) is 8.32. The van der Waals surface area contributed by atoms with Crippen molar-refractivity contribution < 1.29 is 19.9 Å². The predicted octanol–water partition coefficient (Wildman–Crippen LogP) is 0.0366. The molecule has 178 valence electrons. The molecule has 0 aliphatic rings. The second-order valence-electron chi connectivity index (χ2n) is 5.84. The fourth-order valence-electron chi connectivity index (χ4n) is 2.00. The Hall–Kier alpha value is -3.92. The lowest BCUT2D eigenvalue weighted by Gasteiger charge is -2.02. The van der Waals surface area contributed by atoms with Crippen LogP contribution in [0.1, 0.15) is 13.8 Å². The summed E-state index contributed by atoms with van der Waals surface area (Å²) < 4.78 is 0. The topological polar surface area (TPSA) is 250 Å². The van der Waals surface area contributed by atoms with Crippen LogP contribution < -0.4 is 22.1 Å². The van der Waals surface area contributed by atoms with Crippen molar-refractivity contribution in [3.8, 4) is 5.75 Å². The highest BCUT2D eigenvalue weighted by Crippen LogP contribution is 2.38. The van der Waals surface area contributed by atoms with Gasteiger partial charge in [0.2, 0.25) is 0 Å². The average Bonchev–Trinajstić information content (AvgIpc) is 2.74. The van der Waals surface area contributed by atoms with E-state index in [-0.39, 0.29) is 0 Å². The Bertz CT molecular complexity index is 799. The van der Waals surface area contributed by atoms with Gasteiger partial charge >= 0.3 is 11.4 Å². The Kier molecular flexibility index (Phi) is 13.1. The van der Waals surface area contributed by atoms with E-state index in [9.17, 15) is 30.3 Å². The second kappa shape index (κ2) is 15.0. The Labute approximate surface area is 182 Å². The maximum Gasteiger partial charge on any atom is 0.324 e. The van der Waals surface area contributed by atoms with Crippen LogP contribution in [0.3, 0.4) is 0 Å². The molecular weight excluding hydrogens is 430 g/mol. The van der Waals surface area contributed by atoms with E-state index in [1.54, 1.807) is 0 Å². The molecule has 0 amide bonds. The third-order valence-electron chi connectivity index (χ3n) is 3.56. The molecule has 0 unspecified atom stereocenters. The first kappa shape index (κ1) is 28.1. The highest BCUT2D eigenvalue weighted by atomic mass is 16.6. The lowest BCUT2D eigenvalue weighted by molar-refractivity contribution is -0.404. The molecule has 0 aliphatic carbocycles. The number of nitrogens with two attached hydrogens (primary N) is 2. The van der Waals surface area contributed by atoms with Gasteiger partial charge in [0.25, 0.3) is 11.4 Å². The number of nitro benzene ring substituents is 3. The number of hydrogen-bond acceptors (Lipinski definition) is 11. The summed E-state index contributed by atoms with van der Waals surface area (Å²) in [5.74, 6) is -0.551. The van der Waals surface area contributed by atoms with E-state index in [0.717, 1.165) is 26.2 Å². The van der Waals surface area contributed by atoms with Gasteiger partial charge in [0, 0.05) is 13.1 Å². The Morgan fingerprint density at radius 2 is 1.25 bits per heavy atom. The number of rotatable bonds is 11. The standard InChI is InChI=1S/C10H24N6.C6H3N3O7/c1-3-13-5-7-15-9(11)10(12)16-8-6-14-4-2;10-6-4(8(13)14)1-3(7(11)12)2-5(6)9(15)16/h13-14H,3-8H2,1-2H3,(H2,11,15)(H2,12,16);1-2,10H. The van der Waals surface area contributed by atoms with E-state index >= 15 is 0 Å². The quantitative estimate of drug-likeness (QED) is 0.0974. The molecule has 1 aromatic rings. The van der Waals surface area contributed by atoms with Gasteiger partial charge in [-0.1, -0.05) is 13.8 Å². The Morgan fingerprint density at radius 3 is 1.53 bits per heavy atom. The van der Waals surface area contributed by atoms with Crippen LogP contribution in [0.15, 0.2) is 22.1 Å². The smallest absolute Gasteiger partial charge is 0.324 e. The third-order valence-corrected chi connectivity index (χ3v) is 3.56. The first-order valence-corrected chi connectivity index (χ1v) is 9.38. The van der Waals surface area contributed by atoms with Crippen molar-refractivity contribution >= 4 is 28.7 Å². The molecule has 0 spiro atoms. The summed E-state index contributed by atoms with van der Waals surface area (Å²) in [5, 5.41) is 46.5. The molecule has 0 aromatic heterocycles. The van der Waals surface area contributed by atoms with E-state index in [2.05, 4.69) is 20.6 Å². The number of amidine groups is 2. The lowest BCUT2D eigenvalue weighted by Crippen LogP contribution is -2.33. The highest BCUT2D eigenvalue weighted by molar-refractivity contribution is 6.39. The van der Waals surface area contributed by atoms with Crippen molar-refractivity contribution in [3.05, 3.63) is 42.5 Å². The van der Waals surface area contributed by atoms with Crippen LogP contribution in [0.5, 0.6) is 5.75 Å². The number of likely N-dealkylation sites (N-methyl/N-ethyl adjacent to an activating group) is 2. The second-order valence-corrected chi connectivity index (χ2v) is 5.84. The number of nitrogens with zero attached hydrogens (tertiary/aromatic N) is 5. The predicted molar refractivity (Wildman–Crippen MR) is 118 cm³/mol. The molecule has 0 saturated carbocycles. The van der Waals surface area contributed by atoms with Crippen LogP contribution in [0.4, 0.5) is 17.1 Å². The summed E-state index contributed by atoms with van der Waals surface area (Å²) in [6, 6.07) is 0.894. The molecule has 16 heteroatoms. The zero-order chi connectivity index (χ0) is 24.7. The monoisotopic (exact) mass is 457 g/mol. The summed E-state index contributed by atoms with van der Waals surface area (Å²) in [4.78, 5) is 36.0. The van der Waals surface area contributed by atoms with Crippen LogP contribution in [0.25, 0.3) is 0 Å². The zero-order valence-electron chi connectivity index (χ0n) is 17.7. The Balaban J connectivity index is 0.000000601. The molecule has 1 aromatic carbocycles. The SMILES string of the molecule is CCNCCN=C(N)C(N)=NCCNCC.O=[N+]([O-])c1cc([N+](=O)[O-])c(O)c([N+](=O)[O-])c1. The van der Waals surface area contributed by atoms with Crippen molar-refractivity contribution in [2.75, 3.05) is 39.3 Å². The number of non-ortho nitro benzene ring substituents is 1. The van der Waals surface area contributed by atoms with Crippen LogP contribution in [-0.2, 0) is 0 Å². The third kappa shape index (κ3) is 10.2. The normalized spacial score (nSPS) is 11.4. The first-order chi connectivity index (χ1) is 15.1. The molecule has 0 bridgehead atoms. The number of aromatic hydroxyl groups is 1. The molecule has 1 rings (SSSR count). The minimum Gasteiger partial charge on any atom is -0.497 e. The molecule has 16 nitrogen and oxygen atoms in total. The van der Waals surface area contributed by atoms with E-state index in [0.29, 0.717) is 36.9 Å². The van der Waals surface area contributed by atoms with Gasteiger partial charge in [-0.3, -0.25) is 40.3 Å². The summed E-state index contributed by atoms with van der Waals surface area (Å²) >= 11 is 0. The zero-order valence-corrected chi connectivity index (χ0v) is 17.7. The first-order valence-electron chi connectivity index (χ1n) is 9.38. The van der Waals surface area contributed by atoms with E-state index in [1.807, 2.05) is 13.8 Å². The molecule has 7 N–H and O–H groups in total. The van der Waals surface area contributed by atoms with Gasteiger partial charge in [0.05, 0.1) is 40.0 Å². The number of aliphatic imine (C=N–C) groups is 2. The number of nitrogens with one attached hydrogen (secondary N) is 2. The van der Waals surface area contributed by atoms with E-state index in [1.165, 1.54) is 0 Å². The average molecular weight is 457 g/mol. The van der Waals surface area contributed by atoms with Crippen LogP contribution in [0.2, 0.25) is 0 Å². The molecule has 0 fully saturated rings. The molecule has 0 radical (unpaired) electrons. The molecule has 0 aliphatic heterocycles. The van der Waals surface area contributed by atoms with Crippen molar-refractivity contribution in [3.63, 3.8) is 0 Å². The molecule has 32 heavy (non-hydrogen) atoms. The summed E-state index contributed by atoms with van der Waals surface area (Å²) in [6.07, 6.45) is 0. The number of phenolic OH excluding ortho intramolecular Hbond substituents is 1. The van der Waals surface area contributed by atoms with E-state index in [4.69, 9.17) is 16.6 Å². The van der Waals surface area contributed by atoms with Crippen LogP contribution in [0, 0.1) is 30.3 Å². The maximum absolute atomic E-state index is 10.4. The lowest BCUT2D eigenvalue weighted by atomic mass is 10.2. The van der Waals surface area contributed by atoms with Crippen LogP contribution in [-0.4, -0.2) is 70.8 Å². The number of phenols is 1. The van der Waals surface area contributed by atoms with Crippen molar-refractivity contribution in [1.29, 1.82) is 0 Å². The highest BCUT2D eigenvalue weighted by Gasteiger charge is 2.30. The number of nitro groups is 3. The molecule has 0 heterocycles. The summed E-state index contributed by atoms with van der Waals surface area (Å²) in [6.45, 7) is 8.83. The van der Waals surface area contributed by atoms with Gasteiger partial charge < -0.3 is 27.2 Å². The van der Waals surface area contributed by atoms with Gasteiger partial charge in [-0.2, -0.15) is 0 Å². The fourth-order valence-corrected chi connectivity index (χ4v) is 2.00. The minimum absolute atomic E-state index is 0.328. The van der Waals surface area contributed by atoms with Gasteiger partial charge in [-0.05, 0) is 13.1 Å². The number of benzene rings is 1. The minimum atomic E-state index is -1.21.